The van der Waals surface area contributed by atoms with Gasteiger partial charge >= 0.3 is 0 Å². The minimum Gasteiger partial charge on any atom is -0.493 e. The van der Waals surface area contributed by atoms with E-state index < -0.39 is 0 Å². The number of thiophene rings is 1. The molecule has 0 aliphatic carbocycles. The minimum atomic E-state index is -0.199. The number of carbonyl (C=O) groups excluding carboxylic acids is 1. The standard InChI is InChI=1S/C23H21ClN2O3S2/c1-28-20-10-5-15(12-21(20)29-2)19-13-18(22-4-3-11-30-22)25-26(19)23(27)14-31-17-8-6-16(24)7-9-17/h3-12,19H,13-14H2,1-2H3. The fourth-order valence-electron chi connectivity index (χ4n) is 3.39. The zero-order valence-electron chi connectivity index (χ0n) is 17.1. The van der Waals surface area contributed by atoms with E-state index in [2.05, 4.69) is 0 Å². The molecule has 0 radical (unpaired) electrons. The molecule has 31 heavy (non-hydrogen) atoms. The van der Waals surface area contributed by atoms with Crippen LogP contribution in [0.1, 0.15) is 22.9 Å². The fourth-order valence-corrected chi connectivity index (χ4v) is 4.99. The molecule has 2 heterocycles. The summed E-state index contributed by atoms with van der Waals surface area (Å²) in [6, 6.07) is 17.0. The smallest absolute Gasteiger partial charge is 0.253 e. The molecule has 1 unspecified atom stereocenters. The highest BCUT2D eigenvalue weighted by Gasteiger charge is 2.33. The molecule has 160 valence electrons. The van der Waals surface area contributed by atoms with Crippen molar-refractivity contribution < 1.29 is 14.3 Å². The van der Waals surface area contributed by atoms with Gasteiger partial charge in [-0.25, -0.2) is 5.01 Å². The second kappa shape index (κ2) is 9.77. The monoisotopic (exact) mass is 472 g/mol. The van der Waals surface area contributed by atoms with Crippen molar-refractivity contribution in [3.05, 3.63) is 75.4 Å². The van der Waals surface area contributed by atoms with E-state index in [0.717, 1.165) is 21.0 Å². The normalized spacial score (nSPS) is 15.6. The molecule has 1 aliphatic rings. The SMILES string of the molecule is COc1ccc(C2CC(c3cccs3)=NN2C(=O)CSc2ccc(Cl)cc2)cc1OC. The Bertz CT molecular complexity index is 1080. The molecule has 0 fully saturated rings. The van der Waals surface area contributed by atoms with E-state index in [1.54, 1.807) is 30.6 Å². The summed E-state index contributed by atoms with van der Waals surface area (Å²) in [5, 5.41) is 9.02. The van der Waals surface area contributed by atoms with Crippen LogP contribution in [0.2, 0.25) is 5.02 Å². The average Bonchev–Trinajstić information content (AvgIpc) is 3.48. The summed E-state index contributed by atoms with van der Waals surface area (Å²) in [5.74, 6) is 1.52. The van der Waals surface area contributed by atoms with Crippen LogP contribution >= 0.6 is 34.7 Å². The number of hydrogen-bond acceptors (Lipinski definition) is 6. The van der Waals surface area contributed by atoms with E-state index in [0.29, 0.717) is 22.9 Å². The van der Waals surface area contributed by atoms with E-state index in [1.165, 1.54) is 11.8 Å². The number of carbonyl (C=O) groups is 1. The van der Waals surface area contributed by atoms with E-state index in [9.17, 15) is 4.79 Å². The number of rotatable bonds is 7. The van der Waals surface area contributed by atoms with Crippen molar-refractivity contribution >= 4 is 46.3 Å². The first kappa shape index (κ1) is 21.7. The highest BCUT2D eigenvalue weighted by atomic mass is 35.5. The largest absolute Gasteiger partial charge is 0.493 e. The quantitative estimate of drug-likeness (QED) is 0.402. The Hall–Kier alpha value is -2.48. The van der Waals surface area contributed by atoms with Gasteiger partial charge in [-0.3, -0.25) is 4.79 Å². The van der Waals surface area contributed by atoms with Crippen LogP contribution in [0.5, 0.6) is 11.5 Å². The van der Waals surface area contributed by atoms with Crippen LogP contribution in [0.15, 0.2) is 70.0 Å². The lowest BCUT2D eigenvalue weighted by atomic mass is 10.0. The van der Waals surface area contributed by atoms with Crippen LogP contribution in [0.4, 0.5) is 0 Å². The highest BCUT2D eigenvalue weighted by Crippen LogP contribution is 2.38. The molecule has 1 amide bonds. The Kier molecular flexibility index (Phi) is 6.85. The summed E-state index contributed by atoms with van der Waals surface area (Å²) < 4.78 is 10.8. The molecular formula is C23H21ClN2O3S2. The van der Waals surface area contributed by atoms with Gasteiger partial charge in [-0.1, -0.05) is 23.7 Å². The van der Waals surface area contributed by atoms with Gasteiger partial charge in [0.15, 0.2) is 11.5 Å². The van der Waals surface area contributed by atoms with Crippen molar-refractivity contribution in [2.45, 2.75) is 17.4 Å². The topological polar surface area (TPSA) is 51.1 Å². The number of nitrogens with zero attached hydrogens (tertiary/aromatic N) is 2. The van der Waals surface area contributed by atoms with Gasteiger partial charge in [0.05, 0.1) is 36.6 Å². The maximum Gasteiger partial charge on any atom is 0.253 e. The maximum absolute atomic E-state index is 13.2. The van der Waals surface area contributed by atoms with Crippen LogP contribution in [-0.2, 0) is 4.79 Å². The van der Waals surface area contributed by atoms with Gasteiger partial charge < -0.3 is 9.47 Å². The number of methoxy groups -OCH3 is 2. The van der Waals surface area contributed by atoms with E-state index in [1.807, 2.05) is 60.0 Å². The molecule has 0 saturated carbocycles. The van der Waals surface area contributed by atoms with Crippen LogP contribution in [0, 0.1) is 0 Å². The molecular weight excluding hydrogens is 452 g/mol. The van der Waals surface area contributed by atoms with Crippen molar-refractivity contribution in [1.82, 2.24) is 5.01 Å². The number of hydrazone groups is 1. The summed E-state index contributed by atoms with van der Waals surface area (Å²) in [4.78, 5) is 15.2. The van der Waals surface area contributed by atoms with Gasteiger partial charge in [0.1, 0.15) is 0 Å². The lowest BCUT2D eigenvalue weighted by Crippen LogP contribution is -2.28. The molecule has 1 atom stereocenters. The predicted molar refractivity (Wildman–Crippen MR) is 127 cm³/mol. The zero-order chi connectivity index (χ0) is 21.8. The lowest BCUT2D eigenvalue weighted by molar-refractivity contribution is -0.130. The van der Waals surface area contributed by atoms with Crippen LogP contribution < -0.4 is 9.47 Å². The first-order chi connectivity index (χ1) is 15.1. The highest BCUT2D eigenvalue weighted by molar-refractivity contribution is 8.00. The summed E-state index contributed by atoms with van der Waals surface area (Å²) in [6.07, 6.45) is 0.646. The third-order valence-corrected chi connectivity index (χ3v) is 7.11. The molecule has 3 aromatic rings. The number of halogens is 1. The first-order valence-electron chi connectivity index (χ1n) is 9.62. The molecule has 0 saturated heterocycles. The Labute approximate surface area is 194 Å². The number of ether oxygens (including phenoxy) is 2. The van der Waals surface area contributed by atoms with Gasteiger partial charge in [-0.15, -0.1) is 23.1 Å². The Morgan fingerprint density at radius 1 is 1.16 bits per heavy atom. The summed E-state index contributed by atoms with van der Waals surface area (Å²) in [6.45, 7) is 0. The molecule has 0 spiro atoms. The third-order valence-electron chi connectivity index (χ3n) is 4.94. The second-order valence-corrected chi connectivity index (χ2v) is 9.27. The van der Waals surface area contributed by atoms with E-state index in [-0.39, 0.29) is 17.7 Å². The number of benzene rings is 2. The first-order valence-corrected chi connectivity index (χ1v) is 11.9. The Balaban J connectivity index is 1.59. The van der Waals surface area contributed by atoms with Crippen LogP contribution in [0.25, 0.3) is 0 Å². The fraction of sp³-hybridized carbons (Fsp3) is 0.217. The van der Waals surface area contributed by atoms with Gasteiger partial charge in [-0.05, 0) is 53.4 Å². The molecule has 0 N–H and O–H groups in total. The molecule has 0 bridgehead atoms. The third kappa shape index (κ3) is 4.89. The summed E-state index contributed by atoms with van der Waals surface area (Å²) >= 11 is 9.05. The van der Waals surface area contributed by atoms with Crippen molar-refractivity contribution in [1.29, 1.82) is 0 Å². The number of thioether (sulfide) groups is 1. The molecule has 1 aromatic heterocycles. The van der Waals surface area contributed by atoms with Crippen molar-refractivity contribution in [2.24, 2.45) is 5.10 Å². The average molecular weight is 473 g/mol. The summed E-state index contributed by atoms with van der Waals surface area (Å²) in [7, 11) is 3.21. The number of amides is 1. The molecule has 4 rings (SSSR count). The van der Waals surface area contributed by atoms with Crippen molar-refractivity contribution in [3.63, 3.8) is 0 Å². The van der Waals surface area contributed by atoms with Gasteiger partial charge in [0.25, 0.3) is 5.91 Å². The molecule has 2 aromatic carbocycles. The van der Waals surface area contributed by atoms with Crippen molar-refractivity contribution in [3.8, 4) is 11.5 Å². The molecule has 8 heteroatoms. The number of hydrogen-bond donors (Lipinski definition) is 0. The van der Waals surface area contributed by atoms with Crippen molar-refractivity contribution in [2.75, 3.05) is 20.0 Å². The molecule has 1 aliphatic heterocycles. The van der Waals surface area contributed by atoms with E-state index in [4.69, 9.17) is 26.2 Å². The molecule has 5 nitrogen and oxygen atoms in total. The lowest BCUT2D eigenvalue weighted by Gasteiger charge is -2.23. The van der Waals surface area contributed by atoms with Gasteiger partial charge in [-0.2, -0.15) is 5.10 Å². The zero-order valence-corrected chi connectivity index (χ0v) is 19.5. The Morgan fingerprint density at radius 3 is 2.61 bits per heavy atom. The van der Waals surface area contributed by atoms with Gasteiger partial charge in [0, 0.05) is 16.3 Å². The Morgan fingerprint density at radius 2 is 1.94 bits per heavy atom. The van der Waals surface area contributed by atoms with Crippen LogP contribution in [0.3, 0.4) is 0 Å². The predicted octanol–water partition coefficient (Wildman–Crippen LogP) is 5.89. The minimum absolute atomic E-state index is 0.0497. The van der Waals surface area contributed by atoms with Crippen LogP contribution in [-0.4, -0.2) is 36.6 Å². The second-order valence-electron chi connectivity index (χ2n) is 6.84. The van der Waals surface area contributed by atoms with E-state index >= 15 is 0 Å². The summed E-state index contributed by atoms with van der Waals surface area (Å²) in [5.41, 5.74) is 1.87. The maximum atomic E-state index is 13.2. The van der Waals surface area contributed by atoms with Gasteiger partial charge in [0.2, 0.25) is 0 Å².